The first-order valence-electron chi connectivity index (χ1n) is 20.3. The van der Waals surface area contributed by atoms with Crippen LogP contribution >= 0.6 is 0 Å². The molecule has 21 heteroatoms. The molecule has 1 saturated heterocycles. The molecular formula is C35H104O9Si12. The maximum absolute atomic E-state index is 10.6. The zero-order chi connectivity index (χ0) is 43.3. The zero-order valence-corrected chi connectivity index (χ0v) is 51.0. The lowest BCUT2D eigenvalue weighted by Gasteiger charge is -2.44. The minimum atomic E-state index is -2.72. The summed E-state index contributed by atoms with van der Waals surface area (Å²) in [6, 6.07) is 3.70. The molecule has 4 atom stereocenters. The molecule has 0 radical (unpaired) electrons. The van der Waals surface area contributed by atoms with Gasteiger partial charge in [0, 0.05) is 0 Å². The van der Waals surface area contributed by atoms with Crippen LogP contribution in [0.15, 0.2) is 12.3 Å². The molecule has 346 valence electrons. The van der Waals surface area contributed by atoms with Gasteiger partial charge in [0.05, 0.1) is 8.80 Å². The van der Waals surface area contributed by atoms with Crippen molar-refractivity contribution in [1.29, 1.82) is 0 Å². The van der Waals surface area contributed by atoms with Gasteiger partial charge >= 0.3 is 8.56 Å². The third-order valence-electron chi connectivity index (χ3n) is 11.7. The van der Waals surface area contributed by atoms with Crippen molar-refractivity contribution in [2.45, 2.75) is 218 Å². The monoisotopic (exact) mass is 1000 g/mol. The second-order valence-electron chi connectivity index (χ2n) is 19.3. The van der Waals surface area contributed by atoms with Gasteiger partial charge in [-0.3, -0.25) is 0 Å². The summed E-state index contributed by atoms with van der Waals surface area (Å²) in [5.74, 6) is 0. The van der Waals surface area contributed by atoms with Crippen molar-refractivity contribution in [1.82, 2.24) is 0 Å². The Bertz CT molecular complexity index is 992. The number of unbranched alkanes of at least 4 members (excludes halogenated alkanes) is 3. The summed E-state index contributed by atoms with van der Waals surface area (Å²) in [6.07, 6.45) is 7.52. The molecule has 9 nitrogen and oxygen atoms in total. The molecule has 1 aliphatic rings. The SMILES string of the molecule is C.C.C.C=C[SiH](C)CCCC.CCCC[SiH](C)O[Si](C)([Si](C)(C)O)[Si](C)(C)O.CCCC[Si]1(C)O[Si](C)(C)[Si](C)([Si](C)(C)O)O1.C[Si](C)(O)[Si](C)(O)[Si](C)(C)O. The Labute approximate surface area is 364 Å². The van der Waals surface area contributed by atoms with Crippen molar-refractivity contribution in [2.75, 3.05) is 0 Å². The maximum Gasteiger partial charge on any atom is 0.314 e. The van der Waals surface area contributed by atoms with Crippen LogP contribution in [0.3, 0.4) is 0 Å². The van der Waals surface area contributed by atoms with Gasteiger partial charge in [-0.25, -0.2) is 0 Å². The van der Waals surface area contributed by atoms with E-state index >= 15 is 0 Å². The molecule has 0 saturated carbocycles. The van der Waals surface area contributed by atoms with E-state index in [2.05, 4.69) is 78.9 Å². The molecule has 0 aromatic rings. The van der Waals surface area contributed by atoms with E-state index in [0.717, 1.165) is 12.1 Å². The fourth-order valence-electron chi connectivity index (χ4n) is 6.06. The molecule has 1 fully saturated rings. The third kappa shape index (κ3) is 21.9. The fourth-order valence-corrected chi connectivity index (χ4v) is 108. The highest BCUT2D eigenvalue weighted by molar-refractivity contribution is 7.66. The quantitative estimate of drug-likeness (QED) is 0.0784. The number of hydrogen-bond donors (Lipinski definition) is 6. The van der Waals surface area contributed by atoms with Crippen LogP contribution < -0.4 is 0 Å². The standard InChI is InChI=1S/C10H28O3Si4.C10H30O3Si4.C7H16Si.C5H18O3Si3.3CH4/c1-8-9-10-16(6)12-15(4,5)17(7,13-16)14(2,3)11;1-8-9-10-14(2)13-17(7,15(3,4)11)16(5,6)12;1-4-6-7-8(3)5-2;1-9(2,6)11(5,8)10(3,4)7;;;/h11H,8-10H2,1-7H3;11-12,14H,8-10H2,1-7H3;5,8H,2,4,6-7H2,1,3H3;6-8H,1-5H3;3*1H4. The lowest BCUT2D eigenvalue weighted by Crippen LogP contribution is -2.75. The van der Waals surface area contributed by atoms with E-state index in [1.807, 2.05) is 39.3 Å². The van der Waals surface area contributed by atoms with E-state index in [1.165, 1.54) is 44.6 Å². The Morgan fingerprint density at radius 2 is 0.946 bits per heavy atom. The predicted octanol–water partition coefficient (Wildman–Crippen LogP) is 9.71. The van der Waals surface area contributed by atoms with Gasteiger partial charge in [0.15, 0.2) is 56.0 Å². The van der Waals surface area contributed by atoms with Crippen molar-refractivity contribution in [3.63, 3.8) is 0 Å². The Morgan fingerprint density at radius 3 is 1.20 bits per heavy atom. The molecule has 6 N–H and O–H groups in total. The van der Waals surface area contributed by atoms with Gasteiger partial charge in [-0.15, -0.1) is 12.3 Å². The van der Waals surface area contributed by atoms with Gasteiger partial charge < -0.3 is 41.1 Å². The van der Waals surface area contributed by atoms with Crippen LogP contribution in [0.4, 0.5) is 0 Å². The van der Waals surface area contributed by atoms with Crippen LogP contribution in [0.1, 0.15) is 81.6 Å². The predicted molar refractivity (Wildman–Crippen MR) is 283 cm³/mol. The minimum Gasteiger partial charge on any atom is -0.458 e. The lowest BCUT2D eigenvalue weighted by atomic mass is 10.4. The summed E-state index contributed by atoms with van der Waals surface area (Å²) in [4.78, 5) is 61.0. The molecule has 1 aliphatic heterocycles. The summed E-state index contributed by atoms with van der Waals surface area (Å²) >= 11 is 0. The highest BCUT2D eigenvalue weighted by Crippen LogP contribution is 2.42. The summed E-state index contributed by atoms with van der Waals surface area (Å²) in [5.41, 5.74) is 2.16. The normalized spacial score (nSPS) is 21.1. The Hall–Kier alpha value is 1.98. The summed E-state index contributed by atoms with van der Waals surface area (Å²) in [5, 5.41) is 0. The Morgan fingerprint density at radius 1 is 0.589 bits per heavy atom. The van der Waals surface area contributed by atoms with Crippen molar-refractivity contribution in [3.8, 4) is 0 Å². The average Bonchev–Trinajstić information content (AvgIpc) is 3.16. The van der Waals surface area contributed by atoms with Gasteiger partial charge in [0.2, 0.25) is 22.1 Å². The second-order valence-corrected chi connectivity index (χ2v) is 98.5. The fraction of sp³-hybridized carbons (Fsp3) is 0.943. The molecule has 0 spiro atoms. The van der Waals surface area contributed by atoms with E-state index in [0.29, 0.717) is 0 Å². The second kappa shape index (κ2) is 27.2. The largest absolute Gasteiger partial charge is 0.458 e. The molecule has 0 aromatic heterocycles. The van der Waals surface area contributed by atoms with Gasteiger partial charge in [0.25, 0.3) is 0 Å². The number of hydrogen-bond acceptors (Lipinski definition) is 9. The van der Waals surface area contributed by atoms with E-state index in [-0.39, 0.29) is 22.3 Å². The lowest BCUT2D eigenvalue weighted by molar-refractivity contribution is 0.430. The van der Waals surface area contributed by atoms with Crippen molar-refractivity contribution < 1.29 is 41.1 Å². The average molecular weight is 1010 g/mol. The van der Waals surface area contributed by atoms with Crippen molar-refractivity contribution in [2.24, 2.45) is 0 Å². The van der Waals surface area contributed by atoms with Gasteiger partial charge in [-0.1, -0.05) is 94.2 Å². The van der Waals surface area contributed by atoms with Crippen LogP contribution in [-0.2, 0) is 12.3 Å². The summed E-state index contributed by atoms with van der Waals surface area (Å²) in [7, 11) is -24.6. The first kappa shape index (κ1) is 69.7. The molecule has 4 unspecified atom stereocenters. The van der Waals surface area contributed by atoms with E-state index in [9.17, 15) is 28.8 Å². The van der Waals surface area contributed by atoms with E-state index < -0.39 is 95.5 Å². The van der Waals surface area contributed by atoms with Crippen LogP contribution in [0.5, 0.6) is 0 Å². The maximum atomic E-state index is 10.6. The summed E-state index contributed by atoms with van der Waals surface area (Å²) in [6.45, 7) is 46.3. The highest BCUT2D eigenvalue weighted by atomic mass is 29.7. The first-order valence-corrected chi connectivity index (χ1v) is 58.8. The molecular weight excluding hydrogens is 901 g/mol. The molecule has 0 bridgehead atoms. The van der Waals surface area contributed by atoms with Crippen molar-refractivity contribution in [3.05, 3.63) is 12.3 Å². The highest BCUT2D eigenvalue weighted by Gasteiger charge is 2.68. The number of rotatable bonds is 17. The molecule has 1 heterocycles. The minimum absolute atomic E-state index is 0. The van der Waals surface area contributed by atoms with Crippen LogP contribution in [0, 0.1) is 0 Å². The molecule has 0 aromatic carbocycles. The Balaban J connectivity index is -0.000000152. The topological polar surface area (TPSA) is 149 Å². The smallest absolute Gasteiger partial charge is 0.314 e. The van der Waals surface area contributed by atoms with Gasteiger partial charge in [-0.2, -0.15) is 0 Å². The Kier molecular flexibility index (Phi) is 33.9. The van der Waals surface area contributed by atoms with E-state index in [1.54, 1.807) is 32.7 Å². The zero-order valence-electron chi connectivity index (χ0n) is 38.7. The molecule has 56 heavy (non-hydrogen) atoms. The van der Waals surface area contributed by atoms with Gasteiger partial charge in [-0.05, 0) is 123 Å². The summed E-state index contributed by atoms with van der Waals surface area (Å²) < 4.78 is 19.4. The van der Waals surface area contributed by atoms with Crippen molar-refractivity contribution >= 4 is 95.5 Å². The third-order valence-corrected chi connectivity index (χ3v) is 121. The molecule has 0 aliphatic carbocycles. The van der Waals surface area contributed by atoms with Crippen LogP contribution in [-0.4, -0.2) is 124 Å². The van der Waals surface area contributed by atoms with Gasteiger partial charge in [0.1, 0.15) is 0 Å². The van der Waals surface area contributed by atoms with Crippen LogP contribution in [0.25, 0.3) is 0 Å². The van der Waals surface area contributed by atoms with E-state index in [4.69, 9.17) is 12.3 Å². The molecule has 1 rings (SSSR count). The molecule has 0 amide bonds. The first-order chi connectivity index (χ1) is 23.2. The van der Waals surface area contributed by atoms with Crippen LogP contribution in [0.2, 0.25) is 136 Å².